The van der Waals surface area contributed by atoms with Crippen LogP contribution in [-0.2, 0) is 9.53 Å². The lowest BCUT2D eigenvalue weighted by atomic mass is 10.1. The summed E-state index contributed by atoms with van der Waals surface area (Å²) in [6.45, 7) is 1.64. The molecule has 1 N–H and O–H groups in total. The van der Waals surface area contributed by atoms with Crippen LogP contribution in [0.4, 0.5) is 8.78 Å². The molecule has 19 heavy (non-hydrogen) atoms. The summed E-state index contributed by atoms with van der Waals surface area (Å²) in [5.41, 5.74) is 0.186. The fourth-order valence-corrected chi connectivity index (χ4v) is 2.99. The molecule has 0 aromatic carbocycles. The molecule has 1 aliphatic carbocycles. The van der Waals surface area contributed by atoms with Gasteiger partial charge in [0.15, 0.2) is 12.0 Å². The van der Waals surface area contributed by atoms with Crippen molar-refractivity contribution in [2.75, 3.05) is 0 Å². The topological polar surface area (TPSA) is 38.3 Å². The van der Waals surface area contributed by atoms with Crippen molar-refractivity contribution in [2.24, 2.45) is 0 Å². The number of carbonyl (C=O) groups is 1. The lowest BCUT2D eigenvalue weighted by Crippen LogP contribution is -2.18. The Morgan fingerprint density at radius 3 is 2.84 bits per heavy atom. The quantitative estimate of drug-likeness (QED) is 0.924. The highest BCUT2D eigenvalue weighted by molar-refractivity contribution is 7.11. The Labute approximate surface area is 113 Å². The largest absolute Gasteiger partial charge is 0.467 e. The SMILES string of the molecule is CC1OC(NC2CC2)=C(c2sccc2C(F)F)C1=O. The summed E-state index contributed by atoms with van der Waals surface area (Å²) >= 11 is 1.15. The predicted octanol–water partition coefficient (Wildman–Crippen LogP) is 3.09. The molecule has 0 amide bonds. The van der Waals surface area contributed by atoms with Crippen LogP contribution < -0.4 is 5.32 Å². The summed E-state index contributed by atoms with van der Waals surface area (Å²) in [6, 6.07) is 1.67. The maximum Gasteiger partial charge on any atom is 0.265 e. The number of ether oxygens (including phenoxy) is 1. The second kappa shape index (κ2) is 4.59. The molecule has 102 valence electrons. The minimum Gasteiger partial charge on any atom is -0.467 e. The lowest BCUT2D eigenvalue weighted by molar-refractivity contribution is -0.119. The van der Waals surface area contributed by atoms with Gasteiger partial charge in [-0.2, -0.15) is 0 Å². The van der Waals surface area contributed by atoms with Gasteiger partial charge in [-0.3, -0.25) is 4.79 Å². The molecule has 2 aliphatic rings. The second-order valence-electron chi connectivity index (χ2n) is 4.75. The Kier molecular flexibility index (Phi) is 3.05. The van der Waals surface area contributed by atoms with E-state index in [9.17, 15) is 13.6 Å². The number of thiophene rings is 1. The predicted molar refractivity (Wildman–Crippen MR) is 67.9 cm³/mol. The summed E-state index contributed by atoms with van der Waals surface area (Å²) in [5.74, 6) is 0.136. The third-order valence-electron chi connectivity index (χ3n) is 3.21. The summed E-state index contributed by atoms with van der Waals surface area (Å²) in [5, 5.41) is 4.69. The molecular formula is C13H13F2NO2S. The average Bonchev–Trinajstić information content (AvgIpc) is 2.95. The smallest absolute Gasteiger partial charge is 0.265 e. The molecule has 3 nitrogen and oxygen atoms in total. The zero-order chi connectivity index (χ0) is 13.6. The lowest BCUT2D eigenvalue weighted by Gasteiger charge is -2.09. The number of hydrogen-bond donors (Lipinski definition) is 1. The number of carbonyl (C=O) groups excluding carboxylic acids is 1. The van der Waals surface area contributed by atoms with Crippen LogP contribution in [-0.4, -0.2) is 17.9 Å². The molecule has 1 aromatic rings. The fraction of sp³-hybridized carbons (Fsp3) is 0.462. The number of nitrogens with one attached hydrogen (secondary N) is 1. The number of alkyl halides is 2. The summed E-state index contributed by atoms with van der Waals surface area (Å²) < 4.78 is 31.4. The molecule has 0 spiro atoms. The first-order chi connectivity index (χ1) is 9.08. The van der Waals surface area contributed by atoms with Crippen molar-refractivity contribution in [3.8, 4) is 0 Å². The van der Waals surface area contributed by atoms with Crippen LogP contribution in [0.5, 0.6) is 0 Å². The van der Waals surface area contributed by atoms with E-state index < -0.39 is 12.5 Å². The monoisotopic (exact) mass is 285 g/mol. The highest BCUT2D eigenvalue weighted by Crippen LogP contribution is 2.38. The molecule has 1 unspecified atom stereocenters. The normalized spacial score (nSPS) is 23.2. The van der Waals surface area contributed by atoms with Crippen molar-refractivity contribution in [3.05, 3.63) is 27.8 Å². The Morgan fingerprint density at radius 2 is 2.21 bits per heavy atom. The van der Waals surface area contributed by atoms with E-state index in [4.69, 9.17) is 4.74 Å². The standard InChI is InChI=1S/C13H13F2NO2S/c1-6-10(17)9(13(18-6)16-7-2-3-7)11-8(12(14)15)4-5-19-11/h4-7,12,16H,2-3H2,1H3. The van der Waals surface area contributed by atoms with Crippen molar-refractivity contribution < 1.29 is 18.3 Å². The van der Waals surface area contributed by atoms with Gasteiger partial charge < -0.3 is 10.1 Å². The van der Waals surface area contributed by atoms with Gasteiger partial charge >= 0.3 is 0 Å². The minimum absolute atomic E-state index is 0.0962. The Hall–Kier alpha value is -1.43. The molecule has 1 saturated carbocycles. The number of rotatable bonds is 4. The first-order valence-electron chi connectivity index (χ1n) is 6.15. The van der Waals surface area contributed by atoms with Crippen molar-refractivity contribution in [3.63, 3.8) is 0 Å². The molecule has 0 saturated heterocycles. The molecule has 0 bridgehead atoms. The molecule has 1 aliphatic heterocycles. The minimum atomic E-state index is -2.58. The van der Waals surface area contributed by atoms with Gasteiger partial charge in [-0.05, 0) is 31.2 Å². The average molecular weight is 285 g/mol. The Balaban J connectivity index is 2.02. The van der Waals surface area contributed by atoms with Crippen LogP contribution in [0.2, 0.25) is 0 Å². The summed E-state index contributed by atoms with van der Waals surface area (Å²) in [6.07, 6.45) is -1.15. The zero-order valence-electron chi connectivity index (χ0n) is 10.3. The molecule has 1 fully saturated rings. The number of halogens is 2. The van der Waals surface area contributed by atoms with E-state index in [1.165, 1.54) is 6.07 Å². The highest BCUT2D eigenvalue weighted by atomic mass is 32.1. The van der Waals surface area contributed by atoms with Crippen molar-refractivity contribution >= 4 is 22.7 Å². The van der Waals surface area contributed by atoms with Crippen LogP contribution in [0, 0.1) is 0 Å². The van der Waals surface area contributed by atoms with Crippen LogP contribution in [0.25, 0.3) is 5.57 Å². The van der Waals surface area contributed by atoms with Gasteiger partial charge in [-0.25, -0.2) is 8.78 Å². The van der Waals surface area contributed by atoms with E-state index >= 15 is 0 Å². The highest BCUT2D eigenvalue weighted by Gasteiger charge is 2.38. The van der Waals surface area contributed by atoms with Gasteiger partial charge in [0.25, 0.3) is 6.43 Å². The van der Waals surface area contributed by atoms with Gasteiger partial charge in [0.05, 0.1) is 10.5 Å². The first-order valence-corrected chi connectivity index (χ1v) is 7.03. The van der Waals surface area contributed by atoms with E-state index in [0.29, 0.717) is 16.8 Å². The molecule has 1 aromatic heterocycles. The Morgan fingerprint density at radius 1 is 1.47 bits per heavy atom. The van der Waals surface area contributed by atoms with E-state index in [2.05, 4.69) is 5.32 Å². The molecule has 3 rings (SSSR count). The van der Waals surface area contributed by atoms with Crippen LogP contribution in [0.15, 0.2) is 17.3 Å². The first kappa shape index (κ1) is 12.6. The maximum absolute atomic E-state index is 13.0. The second-order valence-corrected chi connectivity index (χ2v) is 5.67. The molecule has 2 heterocycles. The molecular weight excluding hydrogens is 272 g/mol. The Bertz CT molecular complexity index is 549. The van der Waals surface area contributed by atoms with Crippen LogP contribution >= 0.6 is 11.3 Å². The van der Waals surface area contributed by atoms with Gasteiger partial charge in [-0.15, -0.1) is 11.3 Å². The third kappa shape index (κ3) is 2.25. The molecule has 1 atom stereocenters. The van der Waals surface area contributed by atoms with E-state index in [1.54, 1.807) is 12.3 Å². The fourth-order valence-electron chi connectivity index (χ4n) is 2.03. The van der Waals surface area contributed by atoms with Crippen molar-refractivity contribution in [1.29, 1.82) is 0 Å². The van der Waals surface area contributed by atoms with Gasteiger partial charge in [0.2, 0.25) is 5.78 Å². The number of hydrogen-bond acceptors (Lipinski definition) is 4. The van der Waals surface area contributed by atoms with E-state index in [-0.39, 0.29) is 16.9 Å². The molecule has 0 radical (unpaired) electrons. The van der Waals surface area contributed by atoms with Gasteiger partial charge in [-0.1, -0.05) is 0 Å². The van der Waals surface area contributed by atoms with Gasteiger partial charge in [0.1, 0.15) is 0 Å². The van der Waals surface area contributed by atoms with Gasteiger partial charge in [0, 0.05) is 11.6 Å². The zero-order valence-corrected chi connectivity index (χ0v) is 11.1. The van der Waals surface area contributed by atoms with Crippen LogP contribution in [0.1, 0.15) is 36.6 Å². The van der Waals surface area contributed by atoms with Crippen LogP contribution in [0.3, 0.4) is 0 Å². The van der Waals surface area contributed by atoms with Crippen molar-refractivity contribution in [2.45, 2.75) is 38.3 Å². The summed E-state index contributed by atoms with van der Waals surface area (Å²) in [7, 11) is 0. The summed E-state index contributed by atoms with van der Waals surface area (Å²) in [4.78, 5) is 12.5. The maximum atomic E-state index is 13.0. The molecule has 6 heteroatoms. The third-order valence-corrected chi connectivity index (χ3v) is 4.16. The van der Waals surface area contributed by atoms with E-state index in [0.717, 1.165) is 24.2 Å². The number of ketones is 1. The number of Topliss-reactive ketones (excluding diaryl/α,β-unsaturated/α-hetero) is 1. The van der Waals surface area contributed by atoms with Crippen molar-refractivity contribution in [1.82, 2.24) is 5.32 Å². The van der Waals surface area contributed by atoms with E-state index in [1.807, 2.05) is 0 Å².